The predicted molar refractivity (Wildman–Crippen MR) is 141 cm³/mol. The van der Waals surface area contributed by atoms with Crippen molar-refractivity contribution in [3.63, 3.8) is 0 Å². The molecule has 1 fully saturated rings. The number of anilines is 2. The molecule has 2 aromatic heterocycles. The highest BCUT2D eigenvalue weighted by Gasteiger charge is 2.20. The van der Waals surface area contributed by atoms with Gasteiger partial charge in [0.1, 0.15) is 11.3 Å². The van der Waals surface area contributed by atoms with Crippen molar-refractivity contribution in [1.29, 1.82) is 0 Å². The van der Waals surface area contributed by atoms with Crippen LogP contribution in [0.3, 0.4) is 0 Å². The van der Waals surface area contributed by atoms with Gasteiger partial charge in [-0.2, -0.15) is 10.1 Å². The molecule has 2 aliphatic heterocycles. The van der Waals surface area contributed by atoms with E-state index in [1.54, 1.807) is 0 Å². The van der Waals surface area contributed by atoms with Gasteiger partial charge in [0.25, 0.3) is 0 Å². The monoisotopic (exact) mass is 497 g/mol. The number of benzene rings is 1. The third-order valence-electron chi connectivity index (χ3n) is 6.50. The summed E-state index contributed by atoms with van der Waals surface area (Å²) in [5.74, 6) is 1.81. The SMILES string of the molecule is C1CCOC1.CCCCN(CCO)c1nc(N)nc2cn(Cc3ccc(CN)c4c3OCCC4)nc12. The number of aliphatic hydroxyl groups is 1. The van der Waals surface area contributed by atoms with E-state index in [2.05, 4.69) is 29.0 Å². The number of nitrogens with two attached hydrogens (primary N) is 2. The minimum Gasteiger partial charge on any atom is -0.493 e. The minimum atomic E-state index is 0.0345. The maximum absolute atomic E-state index is 9.53. The summed E-state index contributed by atoms with van der Waals surface area (Å²) in [6, 6.07) is 4.15. The van der Waals surface area contributed by atoms with Gasteiger partial charge in [0.15, 0.2) is 11.3 Å². The minimum absolute atomic E-state index is 0.0345. The number of aliphatic hydroxyl groups excluding tert-OH is 1. The fourth-order valence-electron chi connectivity index (χ4n) is 4.65. The first-order valence-electron chi connectivity index (χ1n) is 13.0. The number of aromatic nitrogens is 4. The van der Waals surface area contributed by atoms with E-state index < -0.39 is 0 Å². The zero-order chi connectivity index (χ0) is 25.3. The molecule has 2 aliphatic rings. The topological polar surface area (TPSA) is 138 Å². The van der Waals surface area contributed by atoms with E-state index >= 15 is 0 Å². The Balaban J connectivity index is 0.000000543. The van der Waals surface area contributed by atoms with E-state index in [9.17, 15) is 5.11 Å². The Bertz CT molecular complexity index is 1120. The average molecular weight is 498 g/mol. The lowest BCUT2D eigenvalue weighted by Gasteiger charge is -2.23. The summed E-state index contributed by atoms with van der Waals surface area (Å²) in [4.78, 5) is 10.9. The Labute approximate surface area is 212 Å². The zero-order valence-electron chi connectivity index (χ0n) is 21.3. The van der Waals surface area contributed by atoms with Gasteiger partial charge >= 0.3 is 0 Å². The Kier molecular flexibility index (Phi) is 9.32. The molecule has 5 N–H and O–H groups in total. The highest BCUT2D eigenvalue weighted by molar-refractivity contribution is 5.86. The van der Waals surface area contributed by atoms with Crippen LogP contribution in [0.2, 0.25) is 0 Å². The summed E-state index contributed by atoms with van der Waals surface area (Å²) in [5, 5.41) is 14.3. The molecule has 1 aromatic carbocycles. The number of hydrogen-bond acceptors (Lipinski definition) is 9. The van der Waals surface area contributed by atoms with Crippen molar-refractivity contribution in [1.82, 2.24) is 19.7 Å². The molecule has 0 radical (unpaired) electrons. The number of nitrogens with zero attached hydrogens (tertiary/aromatic N) is 5. The Hall–Kier alpha value is -2.95. The van der Waals surface area contributed by atoms with Crippen LogP contribution >= 0.6 is 0 Å². The number of rotatable bonds is 9. The van der Waals surface area contributed by atoms with E-state index in [0.29, 0.717) is 36.5 Å². The molecular weight excluding hydrogens is 458 g/mol. The molecule has 0 atom stereocenters. The molecule has 0 spiro atoms. The van der Waals surface area contributed by atoms with Crippen LogP contribution in [-0.2, 0) is 24.2 Å². The van der Waals surface area contributed by atoms with Crippen molar-refractivity contribution in [3.8, 4) is 5.75 Å². The van der Waals surface area contributed by atoms with Gasteiger partial charge in [-0.05, 0) is 43.2 Å². The van der Waals surface area contributed by atoms with Crippen molar-refractivity contribution in [2.24, 2.45) is 5.73 Å². The first kappa shape index (κ1) is 26.1. The second-order valence-corrected chi connectivity index (χ2v) is 9.20. The molecule has 196 valence electrons. The van der Waals surface area contributed by atoms with Gasteiger partial charge in [-0.25, -0.2) is 4.98 Å². The highest BCUT2D eigenvalue weighted by Crippen LogP contribution is 2.33. The third-order valence-corrected chi connectivity index (χ3v) is 6.50. The molecule has 10 nitrogen and oxygen atoms in total. The maximum Gasteiger partial charge on any atom is 0.222 e. The normalized spacial score (nSPS) is 14.8. The lowest BCUT2D eigenvalue weighted by atomic mass is 9.96. The molecule has 10 heteroatoms. The lowest BCUT2D eigenvalue weighted by molar-refractivity contribution is 0.198. The maximum atomic E-state index is 9.53. The van der Waals surface area contributed by atoms with E-state index in [-0.39, 0.29) is 12.6 Å². The fourth-order valence-corrected chi connectivity index (χ4v) is 4.65. The average Bonchev–Trinajstić information content (AvgIpc) is 3.60. The summed E-state index contributed by atoms with van der Waals surface area (Å²) < 4.78 is 12.8. The summed E-state index contributed by atoms with van der Waals surface area (Å²) >= 11 is 0. The molecule has 1 saturated heterocycles. The largest absolute Gasteiger partial charge is 0.493 e. The van der Waals surface area contributed by atoms with Gasteiger partial charge in [-0.3, -0.25) is 4.68 Å². The summed E-state index contributed by atoms with van der Waals surface area (Å²) in [6.45, 7) is 7.19. The smallest absolute Gasteiger partial charge is 0.222 e. The zero-order valence-corrected chi connectivity index (χ0v) is 21.3. The summed E-state index contributed by atoms with van der Waals surface area (Å²) in [5.41, 5.74) is 16.7. The van der Waals surface area contributed by atoms with E-state index in [0.717, 1.165) is 68.9 Å². The highest BCUT2D eigenvalue weighted by atomic mass is 16.5. The second-order valence-electron chi connectivity index (χ2n) is 9.20. The lowest BCUT2D eigenvalue weighted by Crippen LogP contribution is -2.29. The van der Waals surface area contributed by atoms with E-state index in [1.807, 2.05) is 15.8 Å². The number of unbranched alkanes of at least 4 members (excludes halogenated alkanes) is 1. The molecule has 5 rings (SSSR count). The Morgan fingerprint density at radius 2 is 1.89 bits per heavy atom. The molecular formula is C26H39N7O3. The standard InChI is InChI=1S/C22H31N7O2.C4H8O/c1-2-3-8-28(9-10-30)21-19-18(25-22(24)26-21)14-29(27-19)13-16-7-6-15(12-23)17-5-4-11-31-20(16)17;1-2-4-5-3-1/h6-7,14,30H,2-5,8-13,23H2,1H3,(H2,24,25);1-4H2. The molecule has 0 bridgehead atoms. The molecule has 0 amide bonds. The molecule has 0 aliphatic carbocycles. The van der Waals surface area contributed by atoms with Crippen LogP contribution in [0.15, 0.2) is 18.3 Å². The van der Waals surface area contributed by atoms with Crippen molar-refractivity contribution in [2.45, 2.75) is 58.5 Å². The molecule has 3 aromatic rings. The van der Waals surface area contributed by atoms with Crippen LogP contribution in [0, 0.1) is 0 Å². The van der Waals surface area contributed by atoms with Crippen LogP contribution in [0.1, 0.15) is 55.7 Å². The van der Waals surface area contributed by atoms with Crippen molar-refractivity contribution < 1.29 is 14.6 Å². The number of fused-ring (bicyclic) bond motifs is 2. The molecule has 4 heterocycles. The van der Waals surface area contributed by atoms with E-state index in [4.69, 9.17) is 26.0 Å². The molecule has 0 saturated carbocycles. The Morgan fingerprint density at radius 1 is 1.08 bits per heavy atom. The van der Waals surface area contributed by atoms with Crippen molar-refractivity contribution >= 4 is 22.8 Å². The predicted octanol–water partition coefficient (Wildman–Crippen LogP) is 2.64. The van der Waals surface area contributed by atoms with Gasteiger partial charge in [0.05, 0.1) is 26.0 Å². The van der Waals surface area contributed by atoms with Crippen LogP contribution in [-0.4, -0.2) is 64.4 Å². The van der Waals surface area contributed by atoms with Crippen molar-refractivity contribution in [2.75, 3.05) is 50.2 Å². The van der Waals surface area contributed by atoms with E-state index in [1.165, 1.54) is 18.4 Å². The summed E-state index contributed by atoms with van der Waals surface area (Å²) in [7, 11) is 0. The third kappa shape index (κ3) is 6.24. The van der Waals surface area contributed by atoms with Crippen LogP contribution in [0.25, 0.3) is 11.0 Å². The van der Waals surface area contributed by atoms with Crippen molar-refractivity contribution in [3.05, 3.63) is 35.0 Å². The van der Waals surface area contributed by atoms with Gasteiger partial charge in [0, 0.05) is 38.4 Å². The number of hydrogen-bond donors (Lipinski definition) is 3. The van der Waals surface area contributed by atoms with Crippen LogP contribution in [0.5, 0.6) is 5.75 Å². The number of ether oxygens (including phenoxy) is 2. The molecule has 0 unspecified atom stereocenters. The van der Waals surface area contributed by atoms with Gasteiger partial charge in [-0.1, -0.05) is 25.5 Å². The van der Waals surface area contributed by atoms with Crippen LogP contribution < -0.4 is 21.1 Å². The van der Waals surface area contributed by atoms with Crippen LogP contribution in [0.4, 0.5) is 11.8 Å². The van der Waals surface area contributed by atoms with Gasteiger partial charge in [-0.15, -0.1) is 0 Å². The summed E-state index contributed by atoms with van der Waals surface area (Å²) in [6.07, 6.45) is 8.47. The Morgan fingerprint density at radius 3 is 2.58 bits per heavy atom. The molecule has 36 heavy (non-hydrogen) atoms. The number of nitrogen functional groups attached to an aromatic ring is 1. The fraction of sp³-hybridized carbons (Fsp3) is 0.577. The van der Waals surface area contributed by atoms with Gasteiger partial charge in [0.2, 0.25) is 5.95 Å². The van der Waals surface area contributed by atoms with Gasteiger partial charge < -0.3 is 30.9 Å². The second kappa shape index (κ2) is 12.8. The first-order valence-corrected chi connectivity index (χ1v) is 13.0. The quantitative estimate of drug-likeness (QED) is 0.407. The first-order chi connectivity index (χ1) is 17.6.